The first-order valence-electron chi connectivity index (χ1n) is 10.6. The maximum Gasteiger partial charge on any atom is 0.235 e. The number of amides is 2. The van der Waals surface area contributed by atoms with Crippen LogP contribution in [0.1, 0.15) is 31.2 Å². The molecule has 2 saturated heterocycles. The maximum absolute atomic E-state index is 13.4. The van der Waals surface area contributed by atoms with Crippen molar-refractivity contribution in [2.45, 2.75) is 31.1 Å². The molecule has 0 aliphatic carbocycles. The SMILES string of the molecule is NC(=O)C1CCCN(c2ccc(NC(=O)C3(c4ccc(F)cc4)CCOCC3)cn2)C1. The van der Waals surface area contributed by atoms with E-state index in [0.29, 0.717) is 38.3 Å². The molecule has 2 aromatic rings. The number of nitrogens with zero attached hydrogens (tertiary/aromatic N) is 2. The molecule has 2 aliphatic heterocycles. The normalized spacial score (nSPS) is 20.8. The van der Waals surface area contributed by atoms with Gasteiger partial charge in [0.2, 0.25) is 11.8 Å². The molecule has 1 aromatic carbocycles. The van der Waals surface area contributed by atoms with Crippen molar-refractivity contribution >= 4 is 23.3 Å². The van der Waals surface area contributed by atoms with E-state index in [2.05, 4.69) is 10.3 Å². The van der Waals surface area contributed by atoms with Crippen LogP contribution in [0.25, 0.3) is 0 Å². The molecule has 0 saturated carbocycles. The average Bonchev–Trinajstić information content (AvgIpc) is 2.80. The highest BCUT2D eigenvalue weighted by Crippen LogP contribution is 2.36. The largest absolute Gasteiger partial charge is 0.381 e. The standard InChI is InChI=1S/C23H27FN4O3/c24-18-5-3-17(4-6-18)23(9-12-31-13-10-23)22(30)27-19-7-8-20(26-14-19)28-11-1-2-16(15-28)21(25)29/h3-8,14,16H,1-2,9-13,15H2,(H2,25,29)(H,27,30). The van der Waals surface area contributed by atoms with Crippen molar-refractivity contribution in [3.63, 3.8) is 0 Å². The second-order valence-electron chi connectivity index (χ2n) is 8.25. The molecule has 7 nitrogen and oxygen atoms in total. The van der Waals surface area contributed by atoms with Crippen LogP contribution in [0.5, 0.6) is 0 Å². The zero-order valence-corrected chi connectivity index (χ0v) is 17.4. The number of piperidine rings is 1. The van der Waals surface area contributed by atoms with E-state index in [4.69, 9.17) is 10.5 Å². The Morgan fingerprint density at radius 3 is 2.55 bits per heavy atom. The van der Waals surface area contributed by atoms with Crippen LogP contribution in [0, 0.1) is 11.7 Å². The van der Waals surface area contributed by atoms with Crippen molar-refractivity contribution in [1.29, 1.82) is 0 Å². The molecule has 2 amide bonds. The molecule has 0 spiro atoms. The lowest BCUT2D eigenvalue weighted by Gasteiger charge is -2.36. The summed E-state index contributed by atoms with van der Waals surface area (Å²) in [6.45, 7) is 2.31. The summed E-state index contributed by atoms with van der Waals surface area (Å²) in [6.07, 6.45) is 4.36. The van der Waals surface area contributed by atoms with Gasteiger partial charge < -0.3 is 20.7 Å². The number of anilines is 2. The fourth-order valence-corrected chi connectivity index (χ4v) is 4.45. The fourth-order valence-electron chi connectivity index (χ4n) is 4.45. The van der Waals surface area contributed by atoms with Gasteiger partial charge in [-0.3, -0.25) is 9.59 Å². The summed E-state index contributed by atoms with van der Waals surface area (Å²) in [5.41, 5.74) is 6.06. The van der Waals surface area contributed by atoms with Crippen molar-refractivity contribution < 1.29 is 18.7 Å². The Bertz CT molecular complexity index is 927. The van der Waals surface area contributed by atoms with Gasteiger partial charge in [-0.15, -0.1) is 0 Å². The molecule has 31 heavy (non-hydrogen) atoms. The Hall–Kier alpha value is -3.00. The minimum absolute atomic E-state index is 0.149. The van der Waals surface area contributed by atoms with Crippen LogP contribution in [-0.2, 0) is 19.7 Å². The third-order valence-electron chi connectivity index (χ3n) is 6.33. The van der Waals surface area contributed by atoms with Gasteiger partial charge in [-0.1, -0.05) is 12.1 Å². The number of halogens is 1. The summed E-state index contributed by atoms with van der Waals surface area (Å²) < 4.78 is 18.9. The van der Waals surface area contributed by atoms with E-state index in [9.17, 15) is 14.0 Å². The van der Waals surface area contributed by atoms with Crippen LogP contribution in [0.2, 0.25) is 0 Å². The molecular formula is C23H27FN4O3. The summed E-state index contributed by atoms with van der Waals surface area (Å²) in [5.74, 6) is -0.176. The second-order valence-corrected chi connectivity index (χ2v) is 8.25. The number of carbonyl (C=O) groups is 2. The van der Waals surface area contributed by atoms with Gasteiger partial charge in [-0.25, -0.2) is 9.37 Å². The van der Waals surface area contributed by atoms with Crippen molar-refractivity contribution in [2.75, 3.05) is 36.5 Å². The van der Waals surface area contributed by atoms with Crippen LogP contribution < -0.4 is 16.0 Å². The van der Waals surface area contributed by atoms with Crippen molar-refractivity contribution in [2.24, 2.45) is 11.7 Å². The van der Waals surface area contributed by atoms with Crippen molar-refractivity contribution in [1.82, 2.24) is 4.98 Å². The van der Waals surface area contributed by atoms with Gasteiger partial charge in [0.25, 0.3) is 0 Å². The van der Waals surface area contributed by atoms with Crippen LogP contribution in [-0.4, -0.2) is 43.1 Å². The topological polar surface area (TPSA) is 97.6 Å². The molecule has 2 aliphatic rings. The van der Waals surface area contributed by atoms with E-state index in [1.54, 1.807) is 18.3 Å². The minimum atomic E-state index is -0.772. The molecule has 8 heteroatoms. The van der Waals surface area contributed by atoms with E-state index in [-0.39, 0.29) is 23.5 Å². The highest BCUT2D eigenvalue weighted by Gasteiger charge is 2.41. The molecular weight excluding hydrogens is 399 g/mol. The van der Waals surface area contributed by atoms with Gasteiger partial charge >= 0.3 is 0 Å². The summed E-state index contributed by atoms with van der Waals surface area (Å²) in [5, 5.41) is 2.98. The number of carbonyl (C=O) groups excluding carboxylic acids is 2. The molecule has 4 rings (SSSR count). The fraction of sp³-hybridized carbons (Fsp3) is 0.435. The van der Waals surface area contributed by atoms with Gasteiger partial charge in [0.15, 0.2) is 0 Å². The third kappa shape index (κ3) is 4.54. The van der Waals surface area contributed by atoms with Crippen molar-refractivity contribution in [3.05, 3.63) is 54.0 Å². The quantitative estimate of drug-likeness (QED) is 0.766. The summed E-state index contributed by atoms with van der Waals surface area (Å²) in [7, 11) is 0. The molecule has 1 unspecified atom stereocenters. The van der Waals surface area contributed by atoms with Crippen LogP contribution >= 0.6 is 0 Å². The molecule has 1 atom stereocenters. The lowest BCUT2D eigenvalue weighted by Crippen LogP contribution is -2.45. The first-order valence-corrected chi connectivity index (χ1v) is 10.6. The third-order valence-corrected chi connectivity index (χ3v) is 6.33. The van der Waals surface area contributed by atoms with Crippen molar-refractivity contribution in [3.8, 4) is 0 Å². The summed E-state index contributed by atoms with van der Waals surface area (Å²) >= 11 is 0. The number of ether oxygens (including phenoxy) is 1. The monoisotopic (exact) mass is 426 g/mol. The zero-order chi connectivity index (χ0) is 21.8. The van der Waals surface area contributed by atoms with Gasteiger partial charge in [0.1, 0.15) is 11.6 Å². The Morgan fingerprint density at radius 1 is 1.16 bits per heavy atom. The molecule has 3 heterocycles. The van der Waals surface area contributed by atoms with E-state index in [0.717, 1.165) is 30.8 Å². The minimum Gasteiger partial charge on any atom is -0.381 e. The van der Waals surface area contributed by atoms with Gasteiger partial charge in [-0.2, -0.15) is 0 Å². The highest BCUT2D eigenvalue weighted by atomic mass is 19.1. The number of primary amides is 1. The molecule has 0 radical (unpaired) electrons. The average molecular weight is 426 g/mol. The molecule has 3 N–H and O–H groups in total. The van der Waals surface area contributed by atoms with E-state index in [1.165, 1.54) is 12.1 Å². The van der Waals surface area contributed by atoms with Crippen LogP contribution in [0.15, 0.2) is 42.6 Å². The maximum atomic E-state index is 13.4. The molecule has 164 valence electrons. The number of rotatable bonds is 5. The zero-order valence-electron chi connectivity index (χ0n) is 17.4. The Labute approximate surface area is 180 Å². The second kappa shape index (κ2) is 9.01. The highest BCUT2D eigenvalue weighted by molar-refractivity contribution is 5.99. The number of hydrogen-bond donors (Lipinski definition) is 2. The smallest absolute Gasteiger partial charge is 0.235 e. The Balaban J connectivity index is 1.49. The number of benzene rings is 1. The van der Waals surface area contributed by atoms with E-state index < -0.39 is 5.41 Å². The first kappa shape index (κ1) is 21.2. The number of nitrogens with one attached hydrogen (secondary N) is 1. The molecule has 0 bridgehead atoms. The van der Waals surface area contributed by atoms with Gasteiger partial charge in [0.05, 0.1) is 23.2 Å². The molecule has 1 aromatic heterocycles. The summed E-state index contributed by atoms with van der Waals surface area (Å²) in [6, 6.07) is 9.77. The number of nitrogens with two attached hydrogens (primary N) is 1. The number of aromatic nitrogens is 1. The lowest BCUT2D eigenvalue weighted by molar-refractivity contribution is -0.125. The van der Waals surface area contributed by atoms with E-state index in [1.807, 2.05) is 17.0 Å². The first-order chi connectivity index (χ1) is 15.0. The number of hydrogen-bond acceptors (Lipinski definition) is 5. The van der Waals surface area contributed by atoms with Crippen LogP contribution in [0.3, 0.4) is 0 Å². The van der Waals surface area contributed by atoms with Gasteiger partial charge in [-0.05, 0) is 55.5 Å². The molecule has 2 fully saturated rings. The van der Waals surface area contributed by atoms with Crippen LogP contribution in [0.4, 0.5) is 15.9 Å². The van der Waals surface area contributed by atoms with Gasteiger partial charge in [0, 0.05) is 26.3 Å². The van der Waals surface area contributed by atoms with E-state index >= 15 is 0 Å². The summed E-state index contributed by atoms with van der Waals surface area (Å²) in [4.78, 5) is 31.4. The number of pyridine rings is 1. The predicted molar refractivity (Wildman–Crippen MR) is 115 cm³/mol. The Morgan fingerprint density at radius 2 is 1.90 bits per heavy atom. The lowest BCUT2D eigenvalue weighted by atomic mass is 9.73. The predicted octanol–water partition coefficient (Wildman–Crippen LogP) is 2.61. The Kier molecular flexibility index (Phi) is 6.18.